The molecule has 2 aromatic carbocycles. The molecule has 3 N–H and O–H groups in total. The molecule has 1 aliphatic rings. The summed E-state index contributed by atoms with van der Waals surface area (Å²) in [5, 5.41) is 3.07. The lowest BCUT2D eigenvalue weighted by Gasteiger charge is -2.27. The summed E-state index contributed by atoms with van der Waals surface area (Å²) in [5.74, 6) is -2.23. The monoisotopic (exact) mass is 437 g/mol. The normalized spacial score (nSPS) is 17.9. The van der Waals surface area contributed by atoms with Gasteiger partial charge >= 0.3 is 0 Å². The molecule has 0 bridgehead atoms. The summed E-state index contributed by atoms with van der Waals surface area (Å²) in [7, 11) is 0. The largest absolute Gasteiger partial charge is 0.369 e. The molecule has 1 aliphatic heterocycles. The zero-order valence-electron chi connectivity index (χ0n) is 16.5. The van der Waals surface area contributed by atoms with E-state index in [9.17, 15) is 18.4 Å². The Morgan fingerprint density at radius 2 is 1.30 bits per heavy atom. The number of carbonyl (C=O) groups is 2. The minimum atomic E-state index is -0.526. The molecule has 1 heterocycles. The molecule has 2 amide bonds. The first-order chi connectivity index (χ1) is 13.9. The Bertz CT molecular complexity index is 797. The van der Waals surface area contributed by atoms with Gasteiger partial charge in [-0.25, -0.2) is 8.78 Å². The maximum absolute atomic E-state index is 13.2. The van der Waals surface area contributed by atoms with Crippen LogP contribution in [-0.2, 0) is 22.4 Å². The van der Waals surface area contributed by atoms with Crippen molar-refractivity contribution < 1.29 is 18.4 Å². The Labute approximate surface area is 181 Å². The van der Waals surface area contributed by atoms with Gasteiger partial charge in [0, 0.05) is 26.2 Å². The Hall–Kier alpha value is -2.51. The van der Waals surface area contributed by atoms with Crippen LogP contribution >= 0.6 is 12.4 Å². The molecule has 0 unspecified atom stereocenters. The van der Waals surface area contributed by atoms with Crippen LogP contribution in [0.5, 0.6) is 0 Å². The van der Waals surface area contributed by atoms with Crippen molar-refractivity contribution in [2.45, 2.75) is 12.8 Å². The maximum Gasteiger partial charge on any atom is 0.227 e. The summed E-state index contributed by atoms with van der Waals surface area (Å²) in [6.45, 7) is 1.69. The highest BCUT2D eigenvalue weighted by Gasteiger charge is 2.38. The van der Waals surface area contributed by atoms with Crippen LogP contribution in [0.2, 0.25) is 0 Å². The third kappa shape index (κ3) is 6.24. The van der Waals surface area contributed by atoms with Gasteiger partial charge < -0.3 is 16.0 Å². The Balaban J connectivity index is 0.00000320. The zero-order valence-corrected chi connectivity index (χ0v) is 17.3. The summed E-state index contributed by atoms with van der Waals surface area (Å²) in [6.07, 6.45) is 1.13. The molecule has 162 valence electrons. The summed E-state index contributed by atoms with van der Waals surface area (Å²) >= 11 is 0. The minimum absolute atomic E-state index is 0. The number of nitrogens with zero attached hydrogens (tertiary/aromatic N) is 1. The van der Waals surface area contributed by atoms with E-state index in [0.717, 1.165) is 11.1 Å². The lowest BCUT2D eigenvalue weighted by atomic mass is 9.93. The average Bonchev–Trinajstić information content (AvgIpc) is 3.20. The number of nitrogens with one attached hydrogen (secondary N) is 1. The molecule has 8 heteroatoms. The van der Waals surface area contributed by atoms with Crippen molar-refractivity contribution in [2.75, 3.05) is 26.2 Å². The van der Waals surface area contributed by atoms with E-state index >= 15 is 0 Å². The van der Waals surface area contributed by atoms with Gasteiger partial charge in [-0.3, -0.25) is 9.59 Å². The second-order valence-corrected chi connectivity index (χ2v) is 7.35. The minimum Gasteiger partial charge on any atom is -0.369 e. The summed E-state index contributed by atoms with van der Waals surface area (Å²) in [6, 6.07) is 12.4. The van der Waals surface area contributed by atoms with E-state index in [4.69, 9.17) is 5.73 Å². The molecule has 2 aromatic rings. The summed E-state index contributed by atoms with van der Waals surface area (Å²) in [4.78, 5) is 26.6. The number of nitrogens with two attached hydrogens (primary N) is 1. The van der Waals surface area contributed by atoms with Gasteiger partial charge in [-0.15, -0.1) is 12.4 Å². The van der Waals surface area contributed by atoms with Crippen LogP contribution in [-0.4, -0.2) is 42.9 Å². The molecule has 0 aliphatic carbocycles. The van der Waals surface area contributed by atoms with E-state index in [1.54, 1.807) is 29.2 Å². The van der Waals surface area contributed by atoms with Gasteiger partial charge in [0.15, 0.2) is 0 Å². The predicted octanol–water partition coefficient (Wildman–Crippen LogP) is 2.32. The quantitative estimate of drug-likeness (QED) is 0.665. The number of primary amides is 1. The highest BCUT2D eigenvalue weighted by Crippen LogP contribution is 2.20. The fourth-order valence-electron chi connectivity index (χ4n) is 3.63. The second-order valence-electron chi connectivity index (χ2n) is 7.35. The fraction of sp³-hybridized carbons (Fsp3) is 0.364. The second kappa shape index (κ2) is 11.0. The van der Waals surface area contributed by atoms with Crippen LogP contribution in [0.15, 0.2) is 48.5 Å². The smallest absolute Gasteiger partial charge is 0.227 e. The lowest BCUT2D eigenvalue weighted by Crippen LogP contribution is -2.44. The number of amides is 2. The number of halogens is 3. The van der Waals surface area contributed by atoms with E-state index in [0.29, 0.717) is 39.0 Å². The van der Waals surface area contributed by atoms with Crippen molar-refractivity contribution in [1.82, 2.24) is 10.2 Å². The molecule has 30 heavy (non-hydrogen) atoms. The van der Waals surface area contributed by atoms with E-state index in [1.807, 2.05) is 0 Å². The van der Waals surface area contributed by atoms with Crippen molar-refractivity contribution in [1.29, 1.82) is 0 Å². The zero-order chi connectivity index (χ0) is 20.8. The number of carbonyl (C=O) groups excluding carboxylic acids is 2. The molecular formula is C22H26ClF2N3O2. The van der Waals surface area contributed by atoms with Crippen LogP contribution in [0, 0.1) is 23.5 Å². The molecule has 3 rings (SSSR count). The maximum atomic E-state index is 13.2. The third-order valence-corrected chi connectivity index (χ3v) is 5.38. The number of hydrogen-bond acceptors (Lipinski definition) is 3. The van der Waals surface area contributed by atoms with Gasteiger partial charge in [-0.05, 0) is 48.2 Å². The molecule has 0 radical (unpaired) electrons. The van der Waals surface area contributed by atoms with Crippen molar-refractivity contribution in [2.24, 2.45) is 17.6 Å². The van der Waals surface area contributed by atoms with E-state index in [1.165, 1.54) is 24.3 Å². The topological polar surface area (TPSA) is 75.4 Å². The van der Waals surface area contributed by atoms with E-state index < -0.39 is 17.7 Å². The molecule has 0 saturated carbocycles. The van der Waals surface area contributed by atoms with Crippen molar-refractivity contribution >= 4 is 24.2 Å². The van der Waals surface area contributed by atoms with E-state index in [2.05, 4.69) is 5.32 Å². The molecule has 0 aromatic heterocycles. The molecule has 2 atom stereocenters. The average molecular weight is 438 g/mol. The van der Waals surface area contributed by atoms with Crippen LogP contribution in [0.25, 0.3) is 0 Å². The molecule has 1 fully saturated rings. The summed E-state index contributed by atoms with van der Waals surface area (Å²) in [5.41, 5.74) is 7.30. The molecular weight excluding hydrogens is 412 g/mol. The first-order valence-electron chi connectivity index (χ1n) is 9.72. The third-order valence-electron chi connectivity index (χ3n) is 5.38. The number of rotatable bonds is 8. The number of benzene rings is 2. The standard InChI is InChI=1S/C22H25F2N3O2.ClH/c23-17-5-1-15(2-6-17)9-11-27(12-10-16-3-7-18(24)8-4-16)22(29)20-14-26-13-19(20)21(25)28;/h1-8,19-20,26H,9-14H2,(H2,25,28);1H/t19-,20-;/m1./s1. The molecule has 0 spiro atoms. The van der Waals surface area contributed by atoms with Crippen LogP contribution in [0.4, 0.5) is 8.78 Å². The van der Waals surface area contributed by atoms with Crippen molar-refractivity contribution in [3.63, 3.8) is 0 Å². The van der Waals surface area contributed by atoms with Crippen molar-refractivity contribution in [3.05, 3.63) is 71.3 Å². The Morgan fingerprint density at radius 1 is 0.867 bits per heavy atom. The van der Waals surface area contributed by atoms with Gasteiger partial charge in [0.2, 0.25) is 11.8 Å². The van der Waals surface area contributed by atoms with Crippen LogP contribution < -0.4 is 11.1 Å². The molecule has 5 nitrogen and oxygen atoms in total. The predicted molar refractivity (Wildman–Crippen MR) is 113 cm³/mol. The van der Waals surface area contributed by atoms with Crippen LogP contribution in [0.3, 0.4) is 0 Å². The molecule has 1 saturated heterocycles. The van der Waals surface area contributed by atoms with Gasteiger partial charge in [-0.1, -0.05) is 24.3 Å². The van der Waals surface area contributed by atoms with Gasteiger partial charge in [-0.2, -0.15) is 0 Å². The first kappa shape index (κ1) is 23.8. The SMILES string of the molecule is Cl.NC(=O)[C@@H]1CNC[C@H]1C(=O)N(CCc1ccc(F)cc1)CCc1ccc(F)cc1. The first-order valence-corrected chi connectivity index (χ1v) is 9.72. The Morgan fingerprint density at radius 3 is 1.73 bits per heavy atom. The van der Waals surface area contributed by atoms with E-state index in [-0.39, 0.29) is 29.9 Å². The number of hydrogen-bond donors (Lipinski definition) is 2. The van der Waals surface area contributed by atoms with Gasteiger partial charge in [0.25, 0.3) is 0 Å². The van der Waals surface area contributed by atoms with Gasteiger partial charge in [0.05, 0.1) is 11.8 Å². The lowest BCUT2D eigenvalue weighted by molar-refractivity contribution is -0.139. The van der Waals surface area contributed by atoms with Gasteiger partial charge in [0.1, 0.15) is 11.6 Å². The summed E-state index contributed by atoms with van der Waals surface area (Å²) < 4.78 is 26.3. The highest BCUT2D eigenvalue weighted by atomic mass is 35.5. The fourth-order valence-corrected chi connectivity index (χ4v) is 3.63. The highest BCUT2D eigenvalue weighted by molar-refractivity contribution is 5.88. The Kier molecular flexibility index (Phi) is 8.74. The van der Waals surface area contributed by atoms with Crippen molar-refractivity contribution in [3.8, 4) is 0 Å². The van der Waals surface area contributed by atoms with Crippen LogP contribution in [0.1, 0.15) is 11.1 Å².